The molecule has 12 aromatic carbocycles. The Morgan fingerprint density at radius 1 is 0.320 bits per heavy atom. The van der Waals surface area contributed by atoms with Crippen molar-refractivity contribution in [1.29, 1.82) is 0 Å². The van der Waals surface area contributed by atoms with Crippen LogP contribution in [0.15, 0.2) is 247 Å². The number of rotatable bonds is 9. The van der Waals surface area contributed by atoms with E-state index in [4.69, 9.17) is 4.42 Å². The normalized spacial score (nSPS) is 14.5. The van der Waals surface area contributed by atoms with Crippen molar-refractivity contribution in [3.05, 3.63) is 304 Å². The van der Waals surface area contributed by atoms with E-state index in [2.05, 4.69) is 375 Å². The van der Waals surface area contributed by atoms with E-state index in [1.807, 2.05) is 0 Å². The Morgan fingerprint density at radius 3 is 1.27 bits per heavy atom. The second-order valence-corrected chi connectivity index (χ2v) is 32.9. The van der Waals surface area contributed by atoms with E-state index in [-0.39, 0.29) is 27.1 Å². The topological polar surface area (TPSA) is 24.6 Å². The SMILES string of the molecule is Cc1cccc(N(c2ccc(C(C)(C)C)cc2)c2cc3c(c4ccccc24)-c2c(cc(N(c4ccc(C(C)(C)C)cc4)c4cccc(C)c4)c4oc5ccccc5c24)C3(c2ccc(C(C)(C)C)cc2)c2ccc3c(c2)c2cc(C(C)(C)C)ccc2n3-c2ccc(C(C)(C)C)cc2)c1. The van der Waals surface area contributed by atoms with Crippen molar-refractivity contribution in [2.75, 3.05) is 9.80 Å². The van der Waals surface area contributed by atoms with Crippen LogP contribution in [0, 0.1) is 13.8 Å². The van der Waals surface area contributed by atoms with Crippen LogP contribution < -0.4 is 9.80 Å². The first kappa shape index (κ1) is 63.2. The Hall–Kier alpha value is -9.90. The van der Waals surface area contributed by atoms with E-state index in [9.17, 15) is 0 Å². The number of hydrogen-bond acceptors (Lipinski definition) is 3. The summed E-state index contributed by atoms with van der Waals surface area (Å²) < 4.78 is 10.1. The first-order valence-corrected chi connectivity index (χ1v) is 34.9. The average molecular weight is 1270 g/mol. The number of anilines is 6. The van der Waals surface area contributed by atoms with Gasteiger partial charge in [0.1, 0.15) is 5.58 Å². The summed E-state index contributed by atoms with van der Waals surface area (Å²) in [6.07, 6.45) is 0. The summed E-state index contributed by atoms with van der Waals surface area (Å²) in [5.74, 6) is 0. The van der Waals surface area contributed by atoms with Gasteiger partial charge in [-0.25, -0.2) is 0 Å². The van der Waals surface area contributed by atoms with E-state index in [1.165, 1.54) is 94.0 Å². The Balaban J connectivity index is 1.16. The molecule has 0 amide bonds. The summed E-state index contributed by atoms with van der Waals surface area (Å²) in [5, 5.41) is 6.93. The molecular formula is C93H91N3O. The van der Waals surface area contributed by atoms with E-state index >= 15 is 0 Å². The first-order valence-electron chi connectivity index (χ1n) is 34.9. The summed E-state index contributed by atoms with van der Waals surface area (Å²) in [5.41, 5.74) is 26.2. The van der Waals surface area contributed by atoms with E-state index in [1.54, 1.807) is 0 Å². The van der Waals surface area contributed by atoms with Crippen molar-refractivity contribution in [2.24, 2.45) is 0 Å². The molecule has 2 heterocycles. The number of hydrogen-bond donors (Lipinski definition) is 0. The molecule has 2 aromatic heterocycles. The number of nitrogens with zero attached hydrogens (tertiary/aromatic N) is 3. The molecule has 0 bridgehead atoms. The summed E-state index contributed by atoms with van der Waals surface area (Å²) in [4.78, 5) is 5.00. The van der Waals surface area contributed by atoms with Gasteiger partial charge >= 0.3 is 0 Å². The predicted octanol–water partition coefficient (Wildman–Crippen LogP) is 26.2. The van der Waals surface area contributed by atoms with Crippen LogP contribution in [0.25, 0.3) is 71.3 Å². The molecule has 0 spiro atoms. The van der Waals surface area contributed by atoms with Gasteiger partial charge in [-0.3, -0.25) is 0 Å². The molecule has 0 radical (unpaired) electrons. The van der Waals surface area contributed by atoms with Crippen LogP contribution in [0.1, 0.15) is 165 Å². The lowest BCUT2D eigenvalue weighted by Gasteiger charge is -2.37. The lowest BCUT2D eigenvalue weighted by molar-refractivity contribution is 0.589. The van der Waals surface area contributed by atoms with Gasteiger partial charge in [0, 0.05) is 55.4 Å². The number of aromatic nitrogens is 1. The maximum absolute atomic E-state index is 7.59. The third-order valence-corrected chi connectivity index (χ3v) is 20.9. The number of furan rings is 1. The van der Waals surface area contributed by atoms with Crippen LogP contribution in [0.3, 0.4) is 0 Å². The zero-order valence-electron chi connectivity index (χ0n) is 59.8. The largest absolute Gasteiger partial charge is 0.454 e. The van der Waals surface area contributed by atoms with Gasteiger partial charge in [-0.2, -0.15) is 0 Å². The average Bonchev–Trinajstić information content (AvgIpc) is 1.51. The smallest absolute Gasteiger partial charge is 0.160 e. The van der Waals surface area contributed by atoms with E-state index in [0.29, 0.717) is 0 Å². The van der Waals surface area contributed by atoms with Gasteiger partial charge in [0.2, 0.25) is 0 Å². The summed E-state index contributed by atoms with van der Waals surface area (Å²) in [6.45, 7) is 39.1. The molecule has 484 valence electrons. The van der Waals surface area contributed by atoms with E-state index < -0.39 is 5.41 Å². The standard InChI is InChI=1S/C93H91N3O/c1-58-24-22-26-70(52-58)94(67-44-36-61(37-45-67)89(6,7)8)81-56-77-84(73-29-19-18-28-72(73)81)86-78(57-82(87-85(86)74-30-20-21-31-83(74)97-87)95(71-27-23-25-59(2)53-71)68-46-38-62(39-47-68)90(9,10)11)93(77,64-34-32-60(33-35-64)88(3,4)5)66-43-51-80-76(55-66)75-54-65(92(15,16)17)42-50-79(75)96(80)69-48-40-63(41-49-69)91(12,13)14/h18-57H,1-17H3. The Labute approximate surface area is 574 Å². The van der Waals surface area contributed by atoms with Gasteiger partial charge < -0.3 is 18.8 Å². The molecule has 0 N–H and O–H groups in total. The highest BCUT2D eigenvalue weighted by molar-refractivity contribution is 6.24. The molecule has 1 atom stereocenters. The van der Waals surface area contributed by atoms with Gasteiger partial charge in [-0.1, -0.05) is 243 Å². The van der Waals surface area contributed by atoms with Crippen LogP contribution in [0.5, 0.6) is 0 Å². The lowest BCUT2D eigenvalue weighted by atomic mass is 9.66. The molecule has 15 rings (SSSR count). The van der Waals surface area contributed by atoms with Gasteiger partial charge in [0.25, 0.3) is 0 Å². The molecule has 0 saturated carbocycles. The summed E-state index contributed by atoms with van der Waals surface area (Å²) >= 11 is 0. The lowest BCUT2D eigenvalue weighted by Crippen LogP contribution is -2.29. The molecule has 1 unspecified atom stereocenters. The molecule has 1 aliphatic rings. The molecule has 14 aromatic rings. The quantitative estimate of drug-likeness (QED) is 0.144. The van der Waals surface area contributed by atoms with Gasteiger partial charge in [-0.05, 0) is 222 Å². The van der Waals surface area contributed by atoms with Crippen molar-refractivity contribution in [2.45, 2.75) is 150 Å². The highest BCUT2D eigenvalue weighted by Crippen LogP contribution is 2.64. The Morgan fingerprint density at radius 2 is 0.742 bits per heavy atom. The fourth-order valence-electron chi connectivity index (χ4n) is 15.6. The first-order chi connectivity index (χ1) is 46.1. The van der Waals surface area contributed by atoms with Gasteiger partial charge in [0.05, 0.1) is 27.8 Å². The Kier molecular flexibility index (Phi) is 14.7. The highest BCUT2D eigenvalue weighted by atomic mass is 16.3. The van der Waals surface area contributed by atoms with Gasteiger partial charge in [-0.15, -0.1) is 0 Å². The van der Waals surface area contributed by atoms with Crippen LogP contribution in [-0.4, -0.2) is 4.57 Å². The zero-order chi connectivity index (χ0) is 68.0. The minimum Gasteiger partial charge on any atom is -0.454 e. The third-order valence-electron chi connectivity index (χ3n) is 20.9. The second kappa shape index (κ2) is 22.6. The number of fused-ring (bicyclic) bond motifs is 12. The summed E-state index contributed by atoms with van der Waals surface area (Å²) in [6, 6.07) is 93.6. The molecule has 0 fully saturated rings. The number of benzene rings is 12. The molecule has 97 heavy (non-hydrogen) atoms. The minimum absolute atomic E-state index is 0.00438. The molecule has 4 nitrogen and oxygen atoms in total. The monoisotopic (exact) mass is 1270 g/mol. The van der Waals surface area contributed by atoms with Gasteiger partial charge in [0.15, 0.2) is 5.58 Å². The second-order valence-electron chi connectivity index (χ2n) is 32.9. The van der Waals surface area contributed by atoms with Crippen molar-refractivity contribution >= 4 is 88.6 Å². The predicted molar refractivity (Wildman–Crippen MR) is 415 cm³/mol. The van der Waals surface area contributed by atoms with Crippen LogP contribution in [0.4, 0.5) is 34.1 Å². The molecular weight excluding hydrogens is 1180 g/mol. The fourth-order valence-corrected chi connectivity index (χ4v) is 15.6. The minimum atomic E-state index is -0.984. The third kappa shape index (κ3) is 10.6. The summed E-state index contributed by atoms with van der Waals surface area (Å²) in [7, 11) is 0. The maximum atomic E-state index is 7.59. The molecule has 0 aliphatic heterocycles. The maximum Gasteiger partial charge on any atom is 0.160 e. The van der Waals surface area contributed by atoms with Crippen molar-refractivity contribution in [3.8, 4) is 16.8 Å². The van der Waals surface area contributed by atoms with Crippen molar-refractivity contribution in [3.63, 3.8) is 0 Å². The fraction of sp³-hybridized carbons (Fsp3) is 0.247. The zero-order valence-corrected chi connectivity index (χ0v) is 59.8. The molecule has 0 saturated heterocycles. The van der Waals surface area contributed by atoms with Crippen LogP contribution in [-0.2, 0) is 32.5 Å². The molecule has 1 aliphatic carbocycles. The van der Waals surface area contributed by atoms with Crippen LogP contribution in [0.2, 0.25) is 0 Å². The highest BCUT2D eigenvalue weighted by Gasteiger charge is 2.50. The number of para-hydroxylation sites is 1. The number of aryl methyl sites for hydroxylation is 2. The molecule has 4 heteroatoms. The van der Waals surface area contributed by atoms with Crippen LogP contribution >= 0.6 is 0 Å². The van der Waals surface area contributed by atoms with E-state index in [0.717, 1.165) is 72.7 Å². The van der Waals surface area contributed by atoms with Crippen molar-refractivity contribution in [1.82, 2.24) is 4.57 Å². The van der Waals surface area contributed by atoms with Crippen molar-refractivity contribution < 1.29 is 4.42 Å². The Bertz CT molecular complexity index is 5410.